The maximum absolute atomic E-state index is 9.98. The Morgan fingerprint density at radius 2 is 1.78 bits per heavy atom. The Hall–Kier alpha value is 0.741. The van der Waals surface area contributed by atoms with Gasteiger partial charge in [-0.1, -0.05) is 6.92 Å². The fourth-order valence-corrected chi connectivity index (χ4v) is 0.286. The first kappa shape index (κ1) is 16.4. The number of allylic oxidation sites excluding steroid dienone is 2. The molecule has 0 aliphatic heterocycles. The van der Waals surface area contributed by atoms with Crippen LogP contribution in [-0.2, 0) is 4.79 Å². The molecule has 0 heterocycles. The molecule has 0 aliphatic carbocycles. The largest absolute Gasteiger partial charge is 2.00 e. The molecule has 3 nitrogen and oxygen atoms in total. The van der Waals surface area contributed by atoms with Gasteiger partial charge in [0.2, 0.25) is 0 Å². The second-order valence-corrected chi connectivity index (χ2v) is 1.37. The van der Waals surface area contributed by atoms with Gasteiger partial charge >= 0.3 is 48.9 Å². The third kappa shape index (κ3) is 17.7. The average Bonchev–Trinajstić information content (AvgIpc) is 1.27. The van der Waals surface area contributed by atoms with Crippen LogP contribution >= 0.6 is 0 Å². The minimum Gasteiger partial charge on any atom is -0.876 e. The van der Waals surface area contributed by atoms with Crippen LogP contribution in [-0.4, -0.2) is 60.1 Å². The number of carbonyl (C=O) groups is 1. The van der Waals surface area contributed by atoms with Crippen LogP contribution in [0, 0.1) is 0 Å². The Morgan fingerprint density at radius 3 is 1.78 bits per heavy atom. The summed E-state index contributed by atoms with van der Waals surface area (Å²) in [6.07, 6.45) is 1.06. The van der Waals surface area contributed by atoms with Gasteiger partial charge in [-0.25, -0.2) is 0 Å². The molecule has 4 heteroatoms. The third-order valence-corrected chi connectivity index (χ3v) is 0.407. The summed E-state index contributed by atoms with van der Waals surface area (Å²) >= 11 is 0. The molecule has 0 saturated heterocycles. The maximum Gasteiger partial charge on any atom is 2.00 e. The van der Waals surface area contributed by atoms with Crippen LogP contribution in [0.15, 0.2) is 11.8 Å². The second-order valence-electron chi connectivity index (χ2n) is 1.37. The molecule has 0 aromatic heterocycles. The van der Waals surface area contributed by atoms with Crippen LogP contribution in [0.1, 0.15) is 13.8 Å². The first-order valence-electron chi connectivity index (χ1n) is 1.99. The van der Waals surface area contributed by atoms with Crippen molar-refractivity contribution in [2.45, 2.75) is 13.8 Å². The summed E-state index contributed by atoms with van der Waals surface area (Å²) in [6.45, 7) is 2.70. The van der Waals surface area contributed by atoms with E-state index in [0.29, 0.717) is 0 Å². The Kier molecular flexibility index (Phi) is 15.9. The zero-order chi connectivity index (χ0) is 5.86. The summed E-state index contributed by atoms with van der Waals surface area (Å²) in [5.74, 6) is -0.375. The normalized spacial score (nSPS) is 8.89. The average molecular weight is 254 g/mol. The quantitative estimate of drug-likeness (QED) is 0.329. The molecule has 0 radical (unpaired) electrons. The summed E-state index contributed by atoms with van der Waals surface area (Å²) in [5, 5.41) is 9.98. The Labute approximate surface area is 94.5 Å². The van der Waals surface area contributed by atoms with Gasteiger partial charge in [0.15, 0.2) is 5.78 Å². The molecule has 0 aromatic rings. The predicted molar refractivity (Wildman–Crippen MR) is 33.8 cm³/mol. The van der Waals surface area contributed by atoms with Gasteiger partial charge in [0.05, 0.1) is 0 Å². The number of ketones is 1. The molecule has 2 N–H and O–H groups in total. The van der Waals surface area contributed by atoms with Crippen molar-refractivity contribution in [1.29, 1.82) is 0 Å². The van der Waals surface area contributed by atoms with Gasteiger partial charge in [-0.3, -0.25) is 4.79 Å². The Bertz CT molecular complexity index is 105. The minimum absolute atomic E-state index is 0. The summed E-state index contributed by atoms with van der Waals surface area (Å²) in [7, 11) is 0. The molecule has 0 unspecified atom stereocenters. The van der Waals surface area contributed by atoms with Crippen molar-refractivity contribution in [1.82, 2.24) is 0 Å². The molecule has 0 bridgehead atoms. The van der Waals surface area contributed by atoms with E-state index in [1.165, 1.54) is 13.8 Å². The molecule has 0 saturated carbocycles. The van der Waals surface area contributed by atoms with Gasteiger partial charge in [-0.15, -0.1) is 5.76 Å². The standard InChI is InChI=1S/C5H8O2.Ba.H2O/c1-4(6)3-5(2)7;;/h3,6H,1-2H3;;1H2/q;+2;/p-1/b4-3+;;. The molecule has 0 fully saturated rings. The van der Waals surface area contributed by atoms with E-state index in [4.69, 9.17) is 0 Å². The maximum atomic E-state index is 9.98. The number of hydrogen-bond donors (Lipinski definition) is 0. The third-order valence-electron chi connectivity index (χ3n) is 0.407. The first-order chi connectivity index (χ1) is 3.13. The van der Waals surface area contributed by atoms with E-state index in [0.717, 1.165) is 6.08 Å². The van der Waals surface area contributed by atoms with E-state index in [1.54, 1.807) is 0 Å². The van der Waals surface area contributed by atoms with E-state index in [9.17, 15) is 9.90 Å². The topological polar surface area (TPSA) is 71.6 Å². The van der Waals surface area contributed by atoms with E-state index >= 15 is 0 Å². The summed E-state index contributed by atoms with van der Waals surface area (Å²) < 4.78 is 0. The zero-order valence-electron chi connectivity index (χ0n) is 5.60. The van der Waals surface area contributed by atoms with Crippen LogP contribution in [0.4, 0.5) is 0 Å². The fourth-order valence-electron chi connectivity index (χ4n) is 0.286. The summed E-state index contributed by atoms with van der Waals surface area (Å²) in [4.78, 5) is 9.98. The van der Waals surface area contributed by atoms with E-state index < -0.39 is 0 Å². The Morgan fingerprint density at radius 1 is 1.44 bits per heavy atom. The minimum atomic E-state index is -0.187. The molecule has 0 aromatic carbocycles. The van der Waals surface area contributed by atoms with Crippen LogP contribution in [0.5, 0.6) is 0 Å². The van der Waals surface area contributed by atoms with E-state index in [2.05, 4.69) is 0 Å². The molecule has 48 valence electrons. The van der Waals surface area contributed by atoms with Gasteiger partial charge in [-0.2, -0.15) is 0 Å². The van der Waals surface area contributed by atoms with Crippen LogP contribution in [0.25, 0.3) is 0 Å². The molecule has 0 spiro atoms. The van der Waals surface area contributed by atoms with Crippen molar-refractivity contribution in [3.05, 3.63) is 11.8 Å². The Balaban J connectivity index is -0.000000180. The number of carbonyl (C=O) groups excluding carboxylic acids is 1. The first-order valence-corrected chi connectivity index (χ1v) is 1.99. The van der Waals surface area contributed by atoms with Crippen molar-refractivity contribution < 1.29 is 15.4 Å². The molecule has 0 rings (SSSR count). The molecule has 0 atom stereocenters. The summed E-state index contributed by atoms with van der Waals surface area (Å²) in [6, 6.07) is 0. The van der Waals surface area contributed by atoms with Gasteiger partial charge < -0.3 is 10.6 Å². The van der Waals surface area contributed by atoms with Crippen molar-refractivity contribution in [2.75, 3.05) is 0 Å². The molecule has 0 aliphatic rings. The molecular formula is C5H9BaO3+. The monoisotopic (exact) mass is 255 g/mol. The molecule has 9 heavy (non-hydrogen) atoms. The van der Waals surface area contributed by atoms with Gasteiger partial charge in [0.1, 0.15) is 0 Å². The van der Waals surface area contributed by atoms with Crippen molar-refractivity contribution >= 4 is 54.7 Å². The van der Waals surface area contributed by atoms with Gasteiger partial charge in [-0.05, 0) is 13.0 Å². The smallest absolute Gasteiger partial charge is 0.876 e. The molecular weight excluding hydrogens is 245 g/mol. The summed E-state index contributed by atoms with van der Waals surface area (Å²) in [5.41, 5.74) is 0. The molecule has 0 amide bonds. The van der Waals surface area contributed by atoms with Crippen molar-refractivity contribution in [3.63, 3.8) is 0 Å². The number of rotatable bonds is 1. The second kappa shape index (κ2) is 8.74. The predicted octanol–water partition coefficient (Wildman–Crippen LogP) is -1.37. The zero-order valence-corrected chi connectivity index (χ0v) is 10.0. The van der Waals surface area contributed by atoms with E-state index in [1.807, 2.05) is 0 Å². The van der Waals surface area contributed by atoms with Crippen LogP contribution in [0.2, 0.25) is 0 Å². The van der Waals surface area contributed by atoms with Crippen molar-refractivity contribution in [2.24, 2.45) is 0 Å². The fraction of sp³-hybridized carbons (Fsp3) is 0.400. The van der Waals surface area contributed by atoms with Crippen LogP contribution < -0.4 is 5.11 Å². The van der Waals surface area contributed by atoms with E-state index in [-0.39, 0.29) is 65.9 Å². The van der Waals surface area contributed by atoms with Gasteiger partial charge in [0.25, 0.3) is 0 Å². The number of hydrogen-bond acceptors (Lipinski definition) is 2. The van der Waals surface area contributed by atoms with Crippen LogP contribution in [0.3, 0.4) is 0 Å². The van der Waals surface area contributed by atoms with Crippen molar-refractivity contribution in [3.8, 4) is 0 Å². The SMILES string of the molecule is CC(=O)/C=C(\C)[O-].O.[Ba+2]. The van der Waals surface area contributed by atoms with Gasteiger partial charge in [0, 0.05) is 0 Å².